The first kappa shape index (κ1) is 9.36. The molecule has 0 spiro atoms. The molecule has 0 bridgehead atoms. The van der Waals surface area contributed by atoms with Crippen LogP contribution in [0.1, 0.15) is 28.6 Å². The number of carbonyl (C=O) groups is 1. The zero-order valence-corrected chi connectivity index (χ0v) is 6.97. The molecule has 0 unspecified atom stereocenters. The van der Waals surface area contributed by atoms with Gasteiger partial charge >= 0.3 is 0 Å². The van der Waals surface area contributed by atoms with Crippen LogP contribution in [0.4, 0.5) is 0 Å². The van der Waals surface area contributed by atoms with Gasteiger partial charge in [-0.2, -0.15) is 5.26 Å². The van der Waals surface area contributed by atoms with Crippen LogP contribution >= 0.6 is 0 Å². The van der Waals surface area contributed by atoms with E-state index >= 15 is 0 Å². The summed E-state index contributed by atoms with van der Waals surface area (Å²) in [5.41, 5.74) is 6.54. The molecule has 0 aliphatic rings. The lowest BCUT2D eigenvalue weighted by Crippen LogP contribution is -2.11. The van der Waals surface area contributed by atoms with Crippen LogP contribution in [-0.2, 0) is 0 Å². The van der Waals surface area contributed by atoms with Gasteiger partial charge in [0.25, 0.3) is 0 Å². The van der Waals surface area contributed by atoms with Crippen molar-refractivity contribution in [2.75, 3.05) is 0 Å². The normalized spacial score (nSPS) is 11.7. The van der Waals surface area contributed by atoms with E-state index in [9.17, 15) is 4.79 Å². The number of carbonyl (C=O) groups excluding carboxylic acids is 1. The van der Waals surface area contributed by atoms with Crippen molar-refractivity contribution < 1.29 is 4.79 Å². The minimum absolute atomic E-state index is 0.204. The van der Waals surface area contributed by atoms with Crippen LogP contribution in [-0.4, -0.2) is 11.3 Å². The molecule has 1 aromatic heterocycles. The van der Waals surface area contributed by atoms with Crippen molar-refractivity contribution in [3.8, 4) is 6.07 Å². The molecule has 1 aromatic rings. The van der Waals surface area contributed by atoms with E-state index in [-0.39, 0.29) is 6.42 Å². The Kier molecular flexibility index (Phi) is 3.12. The third-order valence-corrected chi connectivity index (χ3v) is 1.60. The fourth-order valence-corrected chi connectivity index (χ4v) is 0.944. The van der Waals surface area contributed by atoms with Gasteiger partial charge in [-0.1, -0.05) is 6.07 Å². The lowest BCUT2D eigenvalue weighted by atomic mass is 10.1. The van der Waals surface area contributed by atoms with Gasteiger partial charge in [0.05, 0.1) is 24.2 Å². The van der Waals surface area contributed by atoms with Gasteiger partial charge < -0.3 is 5.73 Å². The van der Waals surface area contributed by atoms with Crippen molar-refractivity contribution in [1.29, 1.82) is 5.26 Å². The summed E-state index contributed by atoms with van der Waals surface area (Å²) in [7, 11) is 0. The van der Waals surface area contributed by atoms with Gasteiger partial charge in [-0.05, 0) is 12.1 Å². The summed E-state index contributed by atoms with van der Waals surface area (Å²) in [4.78, 5) is 14.3. The van der Waals surface area contributed by atoms with Gasteiger partial charge in [-0.25, -0.2) is 4.98 Å². The van der Waals surface area contributed by atoms with E-state index in [0.717, 1.165) is 0 Å². The maximum absolute atomic E-state index is 10.4. The predicted octanol–water partition coefficient (Wildman–Crippen LogP) is 0.808. The molecule has 4 heteroatoms. The number of aldehydes is 1. The topological polar surface area (TPSA) is 79.8 Å². The molecular weight excluding hydrogens is 166 g/mol. The number of pyridine rings is 1. The predicted molar refractivity (Wildman–Crippen MR) is 46.8 cm³/mol. The van der Waals surface area contributed by atoms with Gasteiger partial charge in [-0.3, -0.25) is 4.79 Å². The van der Waals surface area contributed by atoms with E-state index in [1.807, 2.05) is 6.07 Å². The van der Waals surface area contributed by atoms with Crippen LogP contribution in [0.2, 0.25) is 0 Å². The Morgan fingerprint density at radius 1 is 1.69 bits per heavy atom. The molecule has 0 aliphatic heterocycles. The third kappa shape index (κ3) is 2.36. The average Bonchev–Trinajstić information content (AvgIpc) is 2.18. The van der Waals surface area contributed by atoms with E-state index in [0.29, 0.717) is 17.7 Å². The minimum Gasteiger partial charge on any atom is -0.322 e. The highest BCUT2D eigenvalue weighted by molar-refractivity contribution is 5.71. The number of nitrogens with zero attached hydrogens (tertiary/aromatic N) is 2. The van der Waals surface area contributed by atoms with Gasteiger partial charge in [0.15, 0.2) is 6.29 Å². The molecule has 0 aromatic carbocycles. The monoisotopic (exact) mass is 175 g/mol. The second-order valence-corrected chi connectivity index (χ2v) is 2.57. The van der Waals surface area contributed by atoms with E-state index in [2.05, 4.69) is 4.98 Å². The molecule has 4 nitrogen and oxygen atoms in total. The van der Waals surface area contributed by atoms with Crippen LogP contribution in [0.5, 0.6) is 0 Å². The van der Waals surface area contributed by atoms with E-state index in [1.54, 1.807) is 18.2 Å². The van der Waals surface area contributed by atoms with Gasteiger partial charge in [-0.15, -0.1) is 0 Å². The molecule has 66 valence electrons. The van der Waals surface area contributed by atoms with Crippen LogP contribution < -0.4 is 5.73 Å². The van der Waals surface area contributed by atoms with Crippen molar-refractivity contribution in [1.82, 2.24) is 4.98 Å². The Hall–Kier alpha value is -1.73. The van der Waals surface area contributed by atoms with Crippen LogP contribution in [0.15, 0.2) is 18.2 Å². The Labute approximate surface area is 76.0 Å². The zero-order valence-electron chi connectivity index (χ0n) is 6.97. The summed E-state index contributed by atoms with van der Waals surface area (Å²) >= 11 is 0. The Bertz CT molecular complexity index is 343. The SMILES string of the molecule is N#CC[C@@H](N)c1cccc(C=O)n1. The molecule has 0 fully saturated rings. The van der Waals surface area contributed by atoms with Crippen LogP contribution in [0, 0.1) is 11.3 Å². The van der Waals surface area contributed by atoms with E-state index in [1.165, 1.54) is 0 Å². The summed E-state index contributed by atoms with van der Waals surface area (Å²) in [6, 6.07) is 6.53. The highest BCUT2D eigenvalue weighted by atomic mass is 16.1. The second kappa shape index (κ2) is 4.33. The van der Waals surface area contributed by atoms with Crippen LogP contribution in [0.25, 0.3) is 0 Å². The first-order chi connectivity index (χ1) is 6.27. The molecule has 0 saturated carbocycles. The lowest BCUT2D eigenvalue weighted by molar-refractivity contribution is 0.111. The fourth-order valence-electron chi connectivity index (χ4n) is 0.944. The maximum Gasteiger partial charge on any atom is 0.168 e. The Morgan fingerprint density at radius 2 is 2.46 bits per heavy atom. The number of aromatic nitrogens is 1. The highest BCUT2D eigenvalue weighted by Crippen LogP contribution is 2.10. The smallest absolute Gasteiger partial charge is 0.168 e. The van der Waals surface area contributed by atoms with Crippen molar-refractivity contribution >= 4 is 6.29 Å². The summed E-state index contributed by atoms with van der Waals surface area (Å²) < 4.78 is 0. The van der Waals surface area contributed by atoms with Crippen molar-refractivity contribution in [2.45, 2.75) is 12.5 Å². The summed E-state index contributed by atoms with van der Waals surface area (Å²) in [6.45, 7) is 0. The number of rotatable bonds is 3. The lowest BCUT2D eigenvalue weighted by Gasteiger charge is -2.05. The summed E-state index contributed by atoms with van der Waals surface area (Å²) in [6.07, 6.45) is 0.859. The number of nitriles is 1. The highest BCUT2D eigenvalue weighted by Gasteiger charge is 2.06. The van der Waals surface area contributed by atoms with Crippen molar-refractivity contribution in [2.24, 2.45) is 5.73 Å². The molecular formula is C9H9N3O. The summed E-state index contributed by atoms with van der Waals surface area (Å²) in [5.74, 6) is 0. The fraction of sp³-hybridized carbons (Fsp3) is 0.222. The zero-order chi connectivity index (χ0) is 9.68. The summed E-state index contributed by atoms with van der Waals surface area (Å²) in [5, 5.41) is 8.40. The minimum atomic E-state index is -0.412. The quantitative estimate of drug-likeness (QED) is 0.689. The molecule has 1 heterocycles. The van der Waals surface area contributed by atoms with E-state index < -0.39 is 6.04 Å². The Balaban J connectivity index is 2.89. The molecule has 1 rings (SSSR count). The molecule has 0 radical (unpaired) electrons. The van der Waals surface area contributed by atoms with Crippen molar-refractivity contribution in [3.05, 3.63) is 29.6 Å². The molecule has 1 atom stereocenters. The Morgan fingerprint density at radius 3 is 3.08 bits per heavy atom. The molecule has 0 aliphatic carbocycles. The first-order valence-electron chi connectivity index (χ1n) is 3.82. The average molecular weight is 175 g/mol. The van der Waals surface area contributed by atoms with Gasteiger partial charge in [0.1, 0.15) is 5.69 Å². The number of nitrogens with two attached hydrogens (primary N) is 1. The molecule has 2 N–H and O–H groups in total. The standard InChI is InChI=1S/C9H9N3O/c10-5-4-8(11)9-3-1-2-7(6-13)12-9/h1-3,6,8H,4,11H2/t8-/m1/s1. The molecule has 0 amide bonds. The number of hydrogen-bond donors (Lipinski definition) is 1. The van der Waals surface area contributed by atoms with Crippen LogP contribution in [0.3, 0.4) is 0 Å². The molecule has 0 saturated heterocycles. The largest absolute Gasteiger partial charge is 0.322 e. The third-order valence-electron chi connectivity index (χ3n) is 1.60. The maximum atomic E-state index is 10.4. The van der Waals surface area contributed by atoms with Gasteiger partial charge in [0.2, 0.25) is 0 Å². The molecule has 13 heavy (non-hydrogen) atoms. The second-order valence-electron chi connectivity index (χ2n) is 2.57. The van der Waals surface area contributed by atoms with Crippen molar-refractivity contribution in [3.63, 3.8) is 0 Å². The van der Waals surface area contributed by atoms with E-state index in [4.69, 9.17) is 11.0 Å². The number of hydrogen-bond acceptors (Lipinski definition) is 4. The van der Waals surface area contributed by atoms with Gasteiger partial charge in [0, 0.05) is 0 Å². The first-order valence-corrected chi connectivity index (χ1v) is 3.82.